The van der Waals surface area contributed by atoms with Gasteiger partial charge in [0, 0.05) is 12.0 Å². The van der Waals surface area contributed by atoms with E-state index in [1.807, 2.05) is 0 Å². The van der Waals surface area contributed by atoms with E-state index < -0.39 is 24.1 Å². The largest absolute Gasteiger partial charge is 0.479 e. The molecule has 0 bridgehead atoms. The monoisotopic (exact) mass is 459 g/mol. The average Bonchev–Trinajstić information content (AvgIpc) is 2.80. The smallest absolute Gasteiger partial charge is 0.335 e. The first-order valence-corrected chi connectivity index (χ1v) is 10.8. The highest BCUT2D eigenvalue weighted by molar-refractivity contribution is 5.83. The molecule has 1 fully saturated rings. The summed E-state index contributed by atoms with van der Waals surface area (Å²) in [5.41, 5.74) is 2.77. The van der Waals surface area contributed by atoms with Gasteiger partial charge in [-0.1, -0.05) is 60.7 Å². The summed E-state index contributed by atoms with van der Waals surface area (Å²) in [6.45, 7) is 0.933. The van der Waals surface area contributed by atoms with Gasteiger partial charge in [-0.3, -0.25) is 0 Å². The molecule has 0 aliphatic heterocycles. The van der Waals surface area contributed by atoms with Crippen LogP contribution in [0.4, 0.5) is 0 Å². The van der Waals surface area contributed by atoms with Crippen LogP contribution in [-0.2, 0) is 15.0 Å². The second kappa shape index (κ2) is 11.9. The molecule has 2 aromatic rings. The minimum Gasteiger partial charge on any atom is -0.479 e. The van der Waals surface area contributed by atoms with E-state index in [1.165, 1.54) is 11.1 Å². The van der Waals surface area contributed by atoms with Crippen molar-refractivity contribution in [1.82, 2.24) is 4.90 Å². The van der Waals surface area contributed by atoms with Crippen molar-refractivity contribution in [2.24, 2.45) is 5.92 Å². The Morgan fingerprint density at radius 1 is 0.909 bits per heavy atom. The summed E-state index contributed by atoms with van der Waals surface area (Å²) in [5.74, 6) is -3.23. The third-order valence-corrected chi connectivity index (χ3v) is 6.08. The van der Waals surface area contributed by atoms with Crippen LogP contribution in [0.2, 0.25) is 0 Å². The van der Waals surface area contributed by atoms with Crippen LogP contribution < -0.4 is 0 Å². The van der Waals surface area contributed by atoms with Crippen molar-refractivity contribution >= 4 is 11.9 Å². The van der Waals surface area contributed by atoms with Gasteiger partial charge in [0.05, 0.1) is 6.10 Å². The highest BCUT2D eigenvalue weighted by atomic mass is 16.4. The predicted molar refractivity (Wildman–Crippen MR) is 123 cm³/mol. The Hall–Kier alpha value is -2.78. The highest BCUT2D eigenvalue weighted by Crippen LogP contribution is 2.47. The number of aliphatic carboxylic acids is 2. The number of hydrogen-bond acceptors (Lipinski definition) is 6. The molecule has 3 rings (SSSR count). The van der Waals surface area contributed by atoms with E-state index in [4.69, 9.17) is 20.4 Å². The maximum absolute atomic E-state index is 10.5. The maximum atomic E-state index is 10.5. The second-order valence-electron chi connectivity index (χ2n) is 8.71. The maximum Gasteiger partial charge on any atom is 0.335 e. The van der Waals surface area contributed by atoms with E-state index in [2.05, 4.69) is 79.7 Å². The number of benzene rings is 2. The molecule has 0 radical (unpaired) electrons. The molecule has 180 valence electrons. The van der Waals surface area contributed by atoms with E-state index in [1.54, 1.807) is 0 Å². The lowest BCUT2D eigenvalue weighted by atomic mass is 9.61. The molecule has 0 heterocycles. The van der Waals surface area contributed by atoms with E-state index >= 15 is 0 Å². The van der Waals surface area contributed by atoms with Crippen LogP contribution in [0, 0.1) is 5.92 Å². The van der Waals surface area contributed by atoms with Crippen molar-refractivity contribution in [3.05, 3.63) is 71.8 Å². The third kappa shape index (κ3) is 6.85. The second-order valence-corrected chi connectivity index (χ2v) is 8.71. The van der Waals surface area contributed by atoms with E-state index in [0.717, 1.165) is 25.8 Å². The zero-order valence-corrected chi connectivity index (χ0v) is 18.9. The van der Waals surface area contributed by atoms with Gasteiger partial charge in [0.25, 0.3) is 0 Å². The van der Waals surface area contributed by atoms with Crippen LogP contribution in [0.3, 0.4) is 0 Å². The molecule has 0 spiro atoms. The summed E-state index contributed by atoms with van der Waals surface area (Å²) < 4.78 is 0. The standard InChI is InChI=1S/C21H27NO.C4H6O6/c1-22(2)16-17-15-21(14-13-20(17)23,18-9-5-3-6-10-18)19-11-7-4-8-12-19;5-1(3(7)8)2(6)4(9)10/h3-12,17,20,23H,13-16H2,1-2H3;1-2,5-6H,(H,7,8)(H,9,10)/t;1-,2-/m.1/s1. The molecule has 0 saturated heterocycles. The Morgan fingerprint density at radius 3 is 1.70 bits per heavy atom. The fraction of sp³-hybridized carbons (Fsp3) is 0.440. The van der Waals surface area contributed by atoms with Crippen molar-refractivity contribution in [1.29, 1.82) is 0 Å². The number of aliphatic hydroxyl groups excluding tert-OH is 3. The van der Waals surface area contributed by atoms with Gasteiger partial charge in [-0.2, -0.15) is 0 Å². The topological polar surface area (TPSA) is 139 Å². The fourth-order valence-electron chi connectivity index (χ4n) is 4.45. The molecular formula is C25H33NO7. The lowest BCUT2D eigenvalue weighted by Gasteiger charge is -2.45. The molecule has 1 aliphatic carbocycles. The third-order valence-electron chi connectivity index (χ3n) is 6.08. The van der Waals surface area contributed by atoms with E-state index in [9.17, 15) is 14.7 Å². The molecule has 8 nitrogen and oxygen atoms in total. The van der Waals surface area contributed by atoms with Gasteiger partial charge >= 0.3 is 11.9 Å². The Labute approximate surface area is 193 Å². The number of aliphatic hydroxyl groups is 3. The minimum atomic E-state index is -2.27. The van der Waals surface area contributed by atoms with Gasteiger partial charge in [0.2, 0.25) is 0 Å². The normalized spacial score (nSPS) is 21.4. The SMILES string of the molecule is CN(C)CC1CC(c2ccccc2)(c2ccccc2)CCC1O.O=C(O)[C@H](O)[C@@H](O)C(=O)O. The molecule has 2 unspecified atom stereocenters. The molecule has 0 aromatic heterocycles. The number of carbonyl (C=O) groups is 2. The van der Waals surface area contributed by atoms with Crippen LogP contribution in [-0.4, -0.2) is 81.3 Å². The summed E-state index contributed by atoms with van der Waals surface area (Å²) in [6, 6.07) is 21.7. The van der Waals surface area contributed by atoms with Crippen molar-refractivity contribution < 1.29 is 35.1 Å². The van der Waals surface area contributed by atoms with Gasteiger partial charge in [0.15, 0.2) is 12.2 Å². The molecule has 33 heavy (non-hydrogen) atoms. The van der Waals surface area contributed by atoms with Crippen LogP contribution >= 0.6 is 0 Å². The first-order valence-electron chi connectivity index (χ1n) is 10.8. The molecule has 2 aromatic carbocycles. The summed E-state index contributed by atoms with van der Waals surface area (Å²) >= 11 is 0. The molecule has 0 amide bonds. The van der Waals surface area contributed by atoms with Gasteiger partial charge < -0.3 is 30.4 Å². The summed E-state index contributed by atoms with van der Waals surface area (Å²) in [7, 11) is 4.18. The molecule has 5 N–H and O–H groups in total. The summed E-state index contributed by atoms with van der Waals surface area (Å²) in [5, 5.41) is 43.0. The summed E-state index contributed by atoms with van der Waals surface area (Å²) in [6.07, 6.45) is -1.86. The lowest BCUT2D eigenvalue weighted by molar-refractivity contribution is -0.165. The van der Waals surface area contributed by atoms with Crippen LogP contribution in [0.5, 0.6) is 0 Å². The number of carboxylic acid groups (broad SMARTS) is 2. The fourth-order valence-corrected chi connectivity index (χ4v) is 4.45. The van der Waals surface area contributed by atoms with Crippen LogP contribution in [0.25, 0.3) is 0 Å². The van der Waals surface area contributed by atoms with Gasteiger partial charge in [0.1, 0.15) is 0 Å². The first kappa shape index (κ1) is 26.5. The van der Waals surface area contributed by atoms with Crippen molar-refractivity contribution in [3.63, 3.8) is 0 Å². The number of nitrogens with zero attached hydrogens (tertiary/aromatic N) is 1. The van der Waals surface area contributed by atoms with Crippen LogP contribution in [0.1, 0.15) is 30.4 Å². The zero-order chi connectivity index (χ0) is 24.6. The zero-order valence-electron chi connectivity index (χ0n) is 18.9. The molecule has 4 atom stereocenters. The highest BCUT2D eigenvalue weighted by Gasteiger charge is 2.42. The average molecular weight is 460 g/mol. The molecular weight excluding hydrogens is 426 g/mol. The van der Waals surface area contributed by atoms with Crippen molar-refractivity contribution in [3.8, 4) is 0 Å². The lowest BCUT2D eigenvalue weighted by Crippen LogP contribution is -2.44. The van der Waals surface area contributed by atoms with E-state index in [0.29, 0.717) is 5.92 Å². The summed E-state index contributed by atoms with van der Waals surface area (Å²) in [4.78, 5) is 21.7. The molecule has 8 heteroatoms. The Bertz CT molecular complexity index is 831. The molecule has 1 aliphatic rings. The number of carboxylic acids is 2. The molecule has 1 saturated carbocycles. The van der Waals surface area contributed by atoms with Gasteiger partial charge in [-0.25, -0.2) is 9.59 Å². The predicted octanol–water partition coefficient (Wildman–Crippen LogP) is 1.57. The van der Waals surface area contributed by atoms with Gasteiger partial charge in [-0.05, 0) is 50.4 Å². The minimum absolute atomic E-state index is 0.0163. The quantitative estimate of drug-likeness (QED) is 0.421. The van der Waals surface area contributed by atoms with Crippen LogP contribution in [0.15, 0.2) is 60.7 Å². The number of rotatable bonds is 7. The van der Waals surface area contributed by atoms with E-state index in [-0.39, 0.29) is 11.5 Å². The van der Waals surface area contributed by atoms with Crippen molar-refractivity contribution in [2.45, 2.75) is 43.0 Å². The Balaban J connectivity index is 0.000000328. The number of hydrogen-bond donors (Lipinski definition) is 5. The first-order chi connectivity index (χ1) is 15.6. The Kier molecular flexibility index (Phi) is 9.55. The van der Waals surface area contributed by atoms with Crippen molar-refractivity contribution in [2.75, 3.05) is 20.6 Å². The Morgan fingerprint density at radius 2 is 1.33 bits per heavy atom. The van der Waals surface area contributed by atoms with Gasteiger partial charge in [-0.15, -0.1) is 0 Å².